The van der Waals surface area contributed by atoms with Gasteiger partial charge >= 0.3 is 0 Å². The lowest BCUT2D eigenvalue weighted by Crippen LogP contribution is -2.36. The van der Waals surface area contributed by atoms with E-state index < -0.39 is 17.1 Å². The average Bonchev–Trinajstić information content (AvgIpc) is 3.30. The number of anilines is 1. The molecule has 8 heteroatoms. The first-order valence-electron chi connectivity index (χ1n) is 11.7. The van der Waals surface area contributed by atoms with E-state index in [4.69, 9.17) is 0 Å². The summed E-state index contributed by atoms with van der Waals surface area (Å²) in [5.74, 6) is -1.25. The predicted molar refractivity (Wildman–Crippen MR) is 145 cm³/mol. The number of imide groups is 1. The van der Waals surface area contributed by atoms with E-state index in [1.54, 1.807) is 36.4 Å². The van der Waals surface area contributed by atoms with Crippen LogP contribution in [0.3, 0.4) is 0 Å². The number of hydrogen-bond acceptors (Lipinski definition) is 4. The molecule has 186 valence electrons. The maximum atomic E-state index is 14.4. The molecule has 5 rings (SSSR count). The lowest BCUT2D eigenvalue weighted by Gasteiger charge is -2.12. The third kappa shape index (κ3) is 4.93. The van der Waals surface area contributed by atoms with Gasteiger partial charge in [0.2, 0.25) is 5.91 Å². The van der Waals surface area contributed by atoms with Gasteiger partial charge in [-0.15, -0.1) is 0 Å². The first kappa shape index (κ1) is 24.5. The molecule has 1 aliphatic heterocycles. The Kier molecular flexibility index (Phi) is 6.67. The number of thioether (sulfide) groups is 1. The van der Waals surface area contributed by atoms with E-state index in [1.807, 2.05) is 54.8 Å². The van der Waals surface area contributed by atoms with Crippen molar-refractivity contribution in [1.29, 1.82) is 0 Å². The molecule has 1 aliphatic rings. The zero-order chi connectivity index (χ0) is 26.1. The number of aromatic nitrogens is 1. The van der Waals surface area contributed by atoms with E-state index in [0.29, 0.717) is 17.8 Å². The van der Waals surface area contributed by atoms with Crippen molar-refractivity contribution in [2.75, 3.05) is 11.9 Å². The monoisotopic (exact) mass is 513 g/mol. The zero-order valence-electron chi connectivity index (χ0n) is 20.3. The van der Waals surface area contributed by atoms with Gasteiger partial charge in [-0.1, -0.05) is 54.1 Å². The molecule has 1 N–H and O–H groups in total. The number of rotatable bonds is 6. The number of carbonyl (C=O) groups excluding carboxylic acids is 3. The molecule has 2 heterocycles. The van der Waals surface area contributed by atoms with Gasteiger partial charge in [-0.2, -0.15) is 0 Å². The molecule has 0 bridgehead atoms. The molecule has 1 saturated heterocycles. The molecule has 0 unspecified atom stereocenters. The summed E-state index contributed by atoms with van der Waals surface area (Å²) < 4.78 is 16.4. The highest BCUT2D eigenvalue weighted by atomic mass is 32.2. The van der Waals surface area contributed by atoms with Crippen molar-refractivity contribution >= 4 is 51.5 Å². The van der Waals surface area contributed by atoms with E-state index >= 15 is 0 Å². The summed E-state index contributed by atoms with van der Waals surface area (Å²) in [4.78, 5) is 39.5. The van der Waals surface area contributed by atoms with Crippen molar-refractivity contribution < 1.29 is 18.8 Å². The summed E-state index contributed by atoms with van der Waals surface area (Å²) in [6.07, 6.45) is 1.69. The molecular weight excluding hydrogens is 489 g/mol. The van der Waals surface area contributed by atoms with E-state index in [1.165, 1.54) is 6.07 Å². The Bertz CT molecular complexity index is 1570. The van der Waals surface area contributed by atoms with Gasteiger partial charge < -0.3 is 9.88 Å². The van der Waals surface area contributed by atoms with Crippen LogP contribution in [0.5, 0.6) is 0 Å². The normalized spacial score (nSPS) is 14.7. The molecule has 1 fully saturated rings. The van der Waals surface area contributed by atoms with Crippen LogP contribution < -0.4 is 5.32 Å². The lowest BCUT2D eigenvalue weighted by atomic mass is 10.1. The minimum atomic E-state index is -0.514. The Labute approximate surface area is 217 Å². The van der Waals surface area contributed by atoms with Crippen LogP contribution >= 0.6 is 11.8 Å². The molecule has 3 amide bonds. The van der Waals surface area contributed by atoms with Crippen LogP contribution in [0.15, 0.2) is 77.7 Å². The second-order valence-electron chi connectivity index (χ2n) is 8.88. The highest BCUT2D eigenvalue weighted by Gasteiger charge is 2.36. The van der Waals surface area contributed by atoms with Crippen LogP contribution in [0.2, 0.25) is 0 Å². The van der Waals surface area contributed by atoms with E-state index in [9.17, 15) is 18.8 Å². The number of benzene rings is 3. The number of fused-ring (bicyclic) bond motifs is 1. The summed E-state index contributed by atoms with van der Waals surface area (Å²) >= 11 is 0.809. The van der Waals surface area contributed by atoms with Crippen molar-refractivity contribution in [3.63, 3.8) is 0 Å². The second-order valence-corrected chi connectivity index (χ2v) is 9.87. The summed E-state index contributed by atoms with van der Waals surface area (Å²) in [6.45, 7) is 3.81. The topological polar surface area (TPSA) is 71.4 Å². The van der Waals surface area contributed by atoms with Crippen LogP contribution in [-0.2, 0) is 16.1 Å². The van der Waals surface area contributed by atoms with Gasteiger partial charge in [0.15, 0.2) is 0 Å². The third-order valence-corrected chi connectivity index (χ3v) is 7.26. The van der Waals surface area contributed by atoms with Gasteiger partial charge in [-0.3, -0.25) is 19.3 Å². The van der Waals surface area contributed by atoms with Crippen molar-refractivity contribution in [1.82, 2.24) is 9.47 Å². The van der Waals surface area contributed by atoms with E-state index in [-0.39, 0.29) is 17.3 Å². The van der Waals surface area contributed by atoms with Gasteiger partial charge in [0.1, 0.15) is 12.4 Å². The highest BCUT2D eigenvalue weighted by Crippen LogP contribution is 2.36. The van der Waals surface area contributed by atoms with Gasteiger partial charge in [-0.25, -0.2) is 4.39 Å². The molecule has 0 atom stereocenters. The van der Waals surface area contributed by atoms with Gasteiger partial charge in [0, 0.05) is 33.4 Å². The Morgan fingerprint density at radius 1 is 0.973 bits per heavy atom. The first-order chi connectivity index (χ1) is 17.8. The number of nitrogens with one attached hydrogen (secondary N) is 1. The van der Waals surface area contributed by atoms with Crippen LogP contribution in [-0.4, -0.2) is 33.1 Å². The van der Waals surface area contributed by atoms with Crippen LogP contribution in [0.4, 0.5) is 14.9 Å². The minimum absolute atomic E-state index is 0.241. The summed E-state index contributed by atoms with van der Waals surface area (Å²) in [5.41, 5.74) is 4.72. The fourth-order valence-electron chi connectivity index (χ4n) is 4.39. The van der Waals surface area contributed by atoms with Gasteiger partial charge in [-0.05, 0) is 56.0 Å². The fraction of sp³-hybridized carbons (Fsp3) is 0.138. The number of hydrogen-bond donors (Lipinski definition) is 1. The number of para-hydroxylation sites is 1. The van der Waals surface area contributed by atoms with Crippen molar-refractivity contribution in [2.24, 2.45) is 0 Å². The smallest absolute Gasteiger partial charge is 0.294 e. The average molecular weight is 514 g/mol. The predicted octanol–water partition coefficient (Wildman–Crippen LogP) is 6.12. The number of carbonyl (C=O) groups is 3. The Morgan fingerprint density at radius 3 is 2.43 bits per heavy atom. The van der Waals surface area contributed by atoms with Crippen LogP contribution in [0.25, 0.3) is 17.0 Å². The number of halogens is 1. The Morgan fingerprint density at radius 2 is 1.68 bits per heavy atom. The highest BCUT2D eigenvalue weighted by molar-refractivity contribution is 8.18. The molecule has 3 aromatic carbocycles. The Hall–Kier alpha value is -4.17. The molecule has 1 aromatic heterocycles. The maximum absolute atomic E-state index is 14.4. The Balaban J connectivity index is 1.42. The SMILES string of the molecule is Cc1ccc(NC(=O)CN2C(=O)S/C(=C\c3c(C)n(Cc4ccccc4F)c4ccccc34)C2=O)cc1. The maximum Gasteiger partial charge on any atom is 0.294 e. The zero-order valence-corrected chi connectivity index (χ0v) is 21.1. The van der Waals surface area contributed by atoms with E-state index in [0.717, 1.165) is 44.4 Å². The van der Waals surface area contributed by atoms with Crippen molar-refractivity contribution in [2.45, 2.75) is 20.4 Å². The number of amides is 3. The molecule has 0 radical (unpaired) electrons. The second kappa shape index (κ2) is 10.1. The van der Waals surface area contributed by atoms with E-state index in [2.05, 4.69) is 5.32 Å². The first-order valence-corrected chi connectivity index (χ1v) is 12.6. The molecule has 0 saturated carbocycles. The number of nitrogens with zero attached hydrogens (tertiary/aromatic N) is 2. The van der Waals surface area contributed by atoms with Gasteiger partial charge in [0.25, 0.3) is 11.1 Å². The largest absolute Gasteiger partial charge is 0.340 e. The molecule has 0 aliphatic carbocycles. The summed E-state index contributed by atoms with van der Waals surface area (Å²) in [6, 6.07) is 21.6. The molecule has 6 nitrogen and oxygen atoms in total. The summed E-state index contributed by atoms with van der Waals surface area (Å²) in [5, 5.41) is 3.11. The molecule has 37 heavy (non-hydrogen) atoms. The number of aryl methyl sites for hydroxylation is 1. The lowest BCUT2D eigenvalue weighted by molar-refractivity contribution is -0.127. The quantitative estimate of drug-likeness (QED) is 0.315. The van der Waals surface area contributed by atoms with Crippen LogP contribution in [0.1, 0.15) is 22.4 Å². The van der Waals surface area contributed by atoms with Crippen LogP contribution in [0, 0.1) is 19.7 Å². The van der Waals surface area contributed by atoms with Crippen molar-refractivity contribution in [3.05, 3.63) is 106 Å². The molecular formula is C29H24FN3O3S. The minimum Gasteiger partial charge on any atom is -0.340 e. The summed E-state index contributed by atoms with van der Waals surface area (Å²) in [7, 11) is 0. The fourth-order valence-corrected chi connectivity index (χ4v) is 5.21. The third-order valence-electron chi connectivity index (χ3n) is 6.35. The van der Waals surface area contributed by atoms with Crippen molar-refractivity contribution in [3.8, 4) is 0 Å². The van der Waals surface area contributed by atoms with Gasteiger partial charge in [0.05, 0.1) is 11.4 Å². The molecule has 0 spiro atoms. The molecule has 4 aromatic rings. The standard InChI is InChI=1S/C29H24FN3O3S/c1-18-11-13-21(14-12-18)31-27(34)17-33-28(35)26(37-29(33)36)15-23-19(2)32(25-10-6-4-8-22(23)25)16-20-7-3-5-9-24(20)30/h3-15H,16-17H2,1-2H3,(H,31,34)/b26-15-.